The standard InChI is InChI=1S/C14H15N3O2/c1-19-13-11(6-4-7-12(13)15)14(18)17-9-10-5-2-3-8-16-10/h2-8H,9,15H2,1H3,(H,17,18). The normalized spacial score (nSPS) is 9.95. The Morgan fingerprint density at radius 3 is 2.84 bits per heavy atom. The Kier molecular flexibility index (Phi) is 3.97. The van der Waals surface area contributed by atoms with Gasteiger partial charge in [-0.3, -0.25) is 9.78 Å². The Balaban J connectivity index is 2.10. The summed E-state index contributed by atoms with van der Waals surface area (Å²) in [4.78, 5) is 16.2. The number of rotatable bonds is 4. The van der Waals surface area contributed by atoms with Gasteiger partial charge in [0.15, 0.2) is 5.75 Å². The minimum Gasteiger partial charge on any atom is -0.494 e. The lowest BCUT2D eigenvalue weighted by Gasteiger charge is -2.10. The molecule has 1 aromatic carbocycles. The molecule has 3 N–H and O–H groups in total. The van der Waals surface area contributed by atoms with Crippen molar-refractivity contribution in [2.45, 2.75) is 6.54 Å². The van der Waals surface area contributed by atoms with Gasteiger partial charge in [0.05, 0.1) is 30.6 Å². The quantitative estimate of drug-likeness (QED) is 0.816. The summed E-state index contributed by atoms with van der Waals surface area (Å²) in [5.41, 5.74) is 7.40. The van der Waals surface area contributed by atoms with Gasteiger partial charge in [0.1, 0.15) is 0 Å². The van der Waals surface area contributed by atoms with Crippen LogP contribution >= 0.6 is 0 Å². The highest BCUT2D eigenvalue weighted by atomic mass is 16.5. The first kappa shape index (κ1) is 12.9. The summed E-state index contributed by atoms with van der Waals surface area (Å²) in [6.07, 6.45) is 1.68. The summed E-state index contributed by atoms with van der Waals surface area (Å²) >= 11 is 0. The van der Waals surface area contributed by atoms with E-state index >= 15 is 0 Å². The molecule has 1 amide bonds. The number of methoxy groups -OCH3 is 1. The van der Waals surface area contributed by atoms with Crippen molar-refractivity contribution < 1.29 is 9.53 Å². The fourth-order valence-corrected chi connectivity index (χ4v) is 1.73. The fourth-order valence-electron chi connectivity index (χ4n) is 1.73. The summed E-state index contributed by atoms with van der Waals surface area (Å²) in [7, 11) is 1.49. The molecule has 1 aromatic heterocycles. The van der Waals surface area contributed by atoms with Gasteiger partial charge >= 0.3 is 0 Å². The lowest BCUT2D eigenvalue weighted by molar-refractivity contribution is 0.0947. The molecule has 0 unspecified atom stereocenters. The monoisotopic (exact) mass is 257 g/mol. The lowest BCUT2D eigenvalue weighted by atomic mass is 10.1. The molecule has 0 saturated carbocycles. The molecule has 0 saturated heterocycles. The molecule has 2 aromatic rings. The lowest BCUT2D eigenvalue weighted by Crippen LogP contribution is -2.24. The van der Waals surface area contributed by atoms with Gasteiger partial charge in [-0.15, -0.1) is 0 Å². The van der Waals surface area contributed by atoms with Gasteiger partial charge < -0.3 is 15.8 Å². The van der Waals surface area contributed by atoms with Crippen LogP contribution < -0.4 is 15.8 Å². The van der Waals surface area contributed by atoms with Crippen molar-refractivity contribution in [2.75, 3.05) is 12.8 Å². The number of pyridine rings is 1. The van der Waals surface area contributed by atoms with E-state index in [1.807, 2.05) is 18.2 Å². The molecule has 0 bridgehead atoms. The van der Waals surface area contributed by atoms with E-state index in [4.69, 9.17) is 10.5 Å². The van der Waals surface area contributed by atoms with Crippen LogP contribution in [-0.2, 0) is 6.54 Å². The summed E-state index contributed by atoms with van der Waals surface area (Å²) in [5, 5.41) is 2.78. The second kappa shape index (κ2) is 5.86. The SMILES string of the molecule is COc1c(N)cccc1C(=O)NCc1ccccn1. The number of carbonyl (C=O) groups excluding carboxylic acids is 1. The summed E-state index contributed by atoms with van der Waals surface area (Å²) < 4.78 is 5.15. The number of carbonyl (C=O) groups is 1. The first-order chi connectivity index (χ1) is 9.22. The van der Waals surface area contributed by atoms with Crippen molar-refractivity contribution in [2.24, 2.45) is 0 Å². The molecule has 5 heteroatoms. The van der Waals surface area contributed by atoms with Crippen molar-refractivity contribution in [1.82, 2.24) is 10.3 Å². The molecular formula is C14H15N3O2. The molecule has 5 nitrogen and oxygen atoms in total. The number of nitrogens with zero attached hydrogens (tertiary/aromatic N) is 1. The van der Waals surface area contributed by atoms with E-state index in [9.17, 15) is 4.79 Å². The first-order valence-corrected chi connectivity index (χ1v) is 5.83. The second-order valence-corrected chi connectivity index (χ2v) is 3.93. The van der Waals surface area contributed by atoms with Crippen LogP contribution in [0.15, 0.2) is 42.6 Å². The zero-order chi connectivity index (χ0) is 13.7. The molecule has 2 rings (SSSR count). The number of nitrogens with one attached hydrogen (secondary N) is 1. The molecule has 19 heavy (non-hydrogen) atoms. The van der Waals surface area contributed by atoms with Gasteiger partial charge in [-0.2, -0.15) is 0 Å². The molecule has 0 aliphatic rings. The number of hydrogen-bond donors (Lipinski definition) is 2. The zero-order valence-corrected chi connectivity index (χ0v) is 10.6. The number of anilines is 1. The summed E-state index contributed by atoms with van der Waals surface area (Å²) in [6.45, 7) is 0.359. The Morgan fingerprint density at radius 1 is 1.32 bits per heavy atom. The molecule has 0 radical (unpaired) electrons. The van der Waals surface area contributed by atoms with Gasteiger partial charge in [0.25, 0.3) is 5.91 Å². The predicted octanol–water partition coefficient (Wildman–Crippen LogP) is 1.60. The summed E-state index contributed by atoms with van der Waals surface area (Å²) in [5.74, 6) is 0.149. The Morgan fingerprint density at radius 2 is 2.16 bits per heavy atom. The Labute approximate surface area is 111 Å². The number of aromatic nitrogens is 1. The van der Waals surface area contributed by atoms with Crippen LogP contribution in [-0.4, -0.2) is 18.0 Å². The molecule has 0 atom stereocenters. The van der Waals surface area contributed by atoms with Gasteiger partial charge in [0.2, 0.25) is 0 Å². The van der Waals surface area contributed by atoms with Gasteiger partial charge in [-0.25, -0.2) is 0 Å². The maximum Gasteiger partial charge on any atom is 0.255 e. The smallest absolute Gasteiger partial charge is 0.255 e. The number of para-hydroxylation sites is 1. The number of nitrogens with two attached hydrogens (primary N) is 1. The highest BCUT2D eigenvalue weighted by molar-refractivity contribution is 5.98. The zero-order valence-electron chi connectivity index (χ0n) is 10.6. The molecule has 0 aliphatic heterocycles. The van der Waals surface area contributed by atoms with Gasteiger partial charge in [0, 0.05) is 6.20 Å². The van der Waals surface area contributed by atoms with Crippen molar-refractivity contribution in [1.29, 1.82) is 0 Å². The van der Waals surface area contributed by atoms with Crippen LogP contribution in [0.25, 0.3) is 0 Å². The summed E-state index contributed by atoms with van der Waals surface area (Å²) in [6, 6.07) is 10.6. The fraction of sp³-hybridized carbons (Fsp3) is 0.143. The van der Waals surface area contributed by atoms with E-state index in [-0.39, 0.29) is 5.91 Å². The third-order valence-electron chi connectivity index (χ3n) is 2.65. The minimum atomic E-state index is -0.241. The van der Waals surface area contributed by atoms with E-state index in [2.05, 4.69) is 10.3 Å². The molecule has 0 fully saturated rings. The van der Waals surface area contributed by atoms with Crippen LogP contribution in [0.5, 0.6) is 5.75 Å². The molecule has 0 spiro atoms. The van der Waals surface area contributed by atoms with Crippen LogP contribution in [0.1, 0.15) is 16.1 Å². The van der Waals surface area contributed by atoms with Crippen LogP contribution in [0.2, 0.25) is 0 Å². The van der Waals surface area contributed by atoms with Crippen molar-refractivity contribution in [3.63, 3.8) is 0 Å². The van der Waals surface area contributed by atoms with Crippen molar-refractivity contribution in [3.8, 4) is 5.75 Å². The number of hydrogen-bond acceptors (Lipinski definition) is 4. The van der Waals surface area contributed by atoms with Crippen LogP contribution in [0.3, 0.4) is 0 Å². The van der Waals surface area contributed by atoms with Crippen LogP contribution in [0, 0.1) is 0 Å². The van der Waals surface area contributed by atoms with E-state index in [0.717, 1.165) is 5.69 Å². The second-order valence-electron chi connectivity index (χ2n) is 3.93. The maximum absolute atomic E-state index is 12.1. The molecule has 0 aliphatic carbocycles. The topological polar surface area (TPSA) is 77.2 Å². The highest BCUT2D eigenvalue weighted by Gasteiger charge is 2.13. The predicted molar refractivity (Wildman–Crippen MR) is 72.8 cm³/mol. The number of ether oxygens (including phenoxy) is 1. The number of nitrogen functional groups attached to an aromatic ring is 1. The van der Waals surface area contributed by atoms with E-state index < -0.39 is 0 Å². The van der Waals surface area contributed by atoms with Gasteiger partial charge in [-0.1, -0.05) is 12.1 Å². The average Bonchev–Trinajstić information content (AvgIpc) is 2.45. The molecular weight excluding hydrogens is 242 g/mol. The van der Waals surface area contributed by atoms with E-state index in [1.165, 1.54) is 7.11 Å². The number of benzene rings is 1. The Hall–Kier alpha value is -2.56. The third-order valence-corrected chi connectivity index (χ3v) is 2.65. The Bertz CT molecular complexity index is 570. The largest absolute Gasteiger partial charge is 0.494 e. The maximum atomic E-state index is 12.1. The molecule has 98 valence electrons. The van der Waals surface area contributed by atoms with E-state index in [0.29, 0.717) is 23.5 Å². The highest BCUT2D eigenvalue weighted by Crippen LogP contribution is 2.25. The van der Waals surface area contributed by atoms with E-state index in [1.54, 1.807) is 24.4 Å². The third kappa shape index (κ3) is 3.01. The minimum absolute atomic E-state index is 0.241. The first-order valence-electron chi connectivity index (χ1n) is 5.83. The van der Waals surface area contributed by atoms with Crippen molar-refractivity contribution in [3.05, 3.63) is 53.9 Å². The van der Waals surface area contributed by atoms with Crippen molar-refractivity contribution >= 4 is 11.6 Å². The average molecular weight is 257 g/mol. The van der Waals surface area contributed by atoms with Crippen LogP contribution in [0.4, 0.5) is 5.69 Å². The number of amides is 1. The molecule has 1 heterocycles. The van der Waals surface area contributed by atoms with Gasteiger partial charge in [-0.05, 0) is 24.3 Å².